The van der Waals surface area contributed by atoms with Gasteiger partial charge < -0.3 is 10.5 Å². The molecule has 0 radical (unpaired) electrons. The van der Waals surface area contributed by atoms with Crippen molar-refractivity contribution in [1.29, 1.82) is 0 Å². The van der Waals surface area contributed by atoms with E-state index >= 15 is 0 Å². The molecule has 0 amide bonds. The molecule has 0 heterocycles. The lowest BCUT2D eigenvalue weighted by Crippen LogP contribution is -2.00. The van der Waals surface area contributed by atoms with Crippen molar-refractivity contribution in [2.75, 3.05) is 12.3 Å². The van der Waals surface area contributed by atoms with Gasteiger partial charge in [0, 0.05) is 17.9 Å². The number of nitrogens with two attached hydrogens (primary N) is 1. The number of ether oxygens (including phenoxy) is 1. The summed E-state index contributed by atoms with van der Waals surface area (Å²) in [5, 5.41) is 0. The summed E-state index contributed by atoms with van der Waals surface area (Å²) in [5.41, 5.74) is 6.97. The van der Waals surface area contributed by atoms with Gasteiger partial charge in [-0.15, -0.1) is 0 Å². The van der Waals surface area contributed by atoms with E-state index in [0.717, 1.165) is 18.4 Å². The fourth-order valence-corrected chi connectivity index (χ4v) is 1.13. The van der Waals surface area contributed by atoms with E-state index < -0.39 is 0 Å². The SMILES string of the molecule is CCCCOCc1cc(F)ccc1N. The van der Waals surface area contributed by atoms with Crippen molar-refractivity contribution in [2.45, 2.75) is 26.4 Å². The smallest absolute Gasteiger partial charge is 0.123 e. The standard InChI is InChI=1S/C11H16FNO/c1-2-3-6-14-8-9-7-10(12)4-5-11(9)13/h4-5,7H,2-3,6,8,13H2,1H3. The minimum Gasteiger partial charge on any atom is -0.398 e. The average molecular weight is 197 g/mol. The van der Waals surface area contributed by atoms with Gasteiger partial charge in [0.15, 0.2) is 0 Å². The van der Waals surface area contributed by atoms with Gasteiger partial charge in [0.05, 0.1) is 6.61 Å². The summed E-state index contributed by atoms with van der Waals surface area (Å²) in [5.74, 6) is -0.270. The highest BCUT2D eigenvalue weighted by molar-refractivity contribution is 5.46. The maximum absolute atomic E-state index is 12.8. The molecule has 0 atom stereocenters. The number of nitrogen functional groups attached to an aromatic ring is 1. The zero-order chi connectivity index (χ0) is 10.4. The van der Waals surface area contributed by atoms with Crippen molar-refractivity contribution in [1.82, 2.24) is 0 Å². The van der Waals surface area contributed by atoms with E-state index in [1.807, 2.05) is 0 Å². The molecule has 0 aliphatic rings. The largest absolute Gasteiger partial charge is 0.398 e. The first-order chi connectivity index (χ1) is 6.74. The number of anilines is 1. The Morgan fingerprint density at radius 3 is 2.93 bits per heavy atom. The van der Waals surface area contributed by atoms with Crippen molar-refractivity contribution in [3.63, 3.8) is 0 Å². The van der Waals surface area contributed by atoms with Gasteiger partial charge >= 0.3 is 0 Å². The lowest BCUT2D eigenvalue weighted by molar-refractivity contribution is 0.118. The van der Waals surface area contributed by atoms with Crippen LogP contribution in [0.4, 0.5) is 10.1 Å². The predicted octanol–water partition coefficient (Wildman–Crippen LogP) is 2.72. The van der Waals surface area contributed by atoms with Gasteiger partial charge in [0.1, 0.15) is 5.82 Å². The number of unbranched alkanes of at least 4 members (excludes halogenated alkanes) is 1. The molecule has 14 heavy (non-hydrogen) atoms. The van der Waals surface area contributed by atoms with Crippen molar-refractivity contribution >= 4 is 5.69 Å². The van der Waals surface area contributed by atoms with Crippen LogP contribution in [0, 0.1) is 5.82 Å². The predicted molar refractivity (Wildman–Crippen MR) is 55.4 cm³/mol. The van der Waals surface area contributed by atoms with Crippen molar-refractivity contribution in [2.24, 2.45) is 0 Å². The molecule has 1 rings (SSSR count). The Balaban J connectivity index is 2.45. The maximum atomic E-state index is 12.8. The average Bonchev–Trinajstić information content (AvgIpc) is 2.18. The molecule has 0 unspecified atom stereocenters. The zero-order valence-corrected chi connectivity index (χ0v) is 8.42. The third-order valence-corrected chi connectivity index (χ3v) is 2.00. The zero-order valence-electron chi connectivity index (χ0n) is 8.42. The fraction of sp³-hybridized carbons (Fsp3) is 0.455. The highest BCUT2D eigenvalue weighted by Gasteiger charge is 2.00. The third-order valence-electron chi connectivity index (χ3n) is 2.00. The maximum Gasteiger partial charge on any atom is 0.123 e. The Morgan fingerprint density at radius 2 is 2.21 bits per heavy atom. The molecule has 1 aromatic carbocycles. The van der Waals surface area contributed by atoms with Crippen LogP contribution in [-0.2, 0) is 11.3 Å². The molecule has 3 heteroatoms. The number of hydrogen-bond acceptors (Lipinski definition) is 2. The van der Waals surface area contributed by atoms with Crippen LogP contribution in [0.2, 0.25) is 0 Å². The van der Waals surface area contributed by atoms with Crippen molar-refractivity contribution in [3.05, 3.63) is 29.6 Å². The Labute approximate surface area is 83.9 Å². The monoisotopic (exact) mass is 197 g/mol. The van der Waals surface area contributed by atoms with E-state index in [0.29, 0.717) is 18.9 Å². The first-order valence-electron chi connectivity index (χ1n) is 4.85. The van der Waals surface area contributed by atoms with Crippen LogP contribution in [0.5, 0.6) is 0 Å². The van der Waals surface area contributed by atoms with Crippen LogP contribution < -0.4 is 5.73 Å². The summed E-state index contributed by atoms with van der Waals surface area (Å²) < 4.78 is 18.2. The Morgan fingerprint density at radius 1 is 1.43 bits per heavy atom. The van der Waals surface area contributed by atoms with E-state index in [4.69, 9.17) is 10.5 Å². The van der Waals surface area contributed by atoms with Crippen LogP contribution in [-0.4, -0.2) is 6.61 Å². The van der Waals surface area contributed by atoms with Gasteiger partial charge in [0.25, 0.3) is 0 Å². The number of halogens is 1. The van der Waals surface area contributed by atoms with Crippen LogP contribution in [0.15, 0.2) is 18.2 Å². The van der Waals surface area contributed by atoms with Gasteiger partial charge in [-0.05, 0) is 24.6 Å². The molecule has 0 saturated heterocycles. The van der Waals surface area contributed by atoms with Gasteiger partial charge in [-0.3, -0.25) is 0 Å². The molecule has 0 saturated carbocycles. The third kappa shape index (κ3) is 3.34. The number of hydrogen-bond donors (Lipinski definition) is 1. The minimum atomic E-state index is -0.270. The van der Waals surface area contributed by atoms with Crippen molar-refractivity contribution in [3.8, 4) is 0 Å². The molecule has 0 aliphatic heterocycles. The van der Waals surface area contributed by atoms with E-state index in [2.05, 4.69) is 6.92 Å². The summed E-state index contributed by atoms with van der Waals surface area (Å²) in [6, 6.07) is 4.33. The molecule has 0 aliphatic carbocycles. The summed E-state index contributed by atoms with van der Waals surface area (Å²) >= 11 is 0. The molecule has 0 aromatic heterocycles. The lowest BCUT2D eigenvalue weighted by Gasteiger charge is -2.06. The molecule has 1 aromatic rings. The second kappa shape index (κ2) is 5.60. The van der Waals surface area contributed by atoms with Crippen LogP contribution in [0.25, 0.3) is 0 Å². The second-order valence-corrected chi connectivity index (χ2v) is 3.25. The normalized spacial score (nSPS) is 10.4. The summed E-state index contributed by atoms with van der Waals surface area (Å²) in [6.07, 6.45) is 2.12. The number of rotatable bonds is 5. The summed E-state index contributed by atoms with van der Waals surface area (Å²) in [4.78, 5) is 0. The lowest BCUT2D eigenvalue weighted by atomic mass is 10.2. The first-order valence-corrected chi connectivity index (χ1v) is 4.85. The van der Waals surface area contributed by atoms with Crippen molar-refractivity contribution < 1.29 is 9.13 Å². The Bertz CT molecular complexity index is 289. The topological polar surface area (TPSA) is 35.2 Å². The highest BCUT2D eigenvalue weighted by atomic mass is 19.1. The van der Waals surface area contributed by atoms with Gasteiger partial charge in [0.2, 0.25) is 0 Å². The van der Waals surface area contributed by atoms with Crippen LogP contribution in [0.3, 0.4) is 0 Å². The molecule has 2 N–H and O–H groups in total. The Hall–Kier alpha value is -1.09. The van der Waals surface area contributed by atoms with Gasteiger partial charge in [-0.1, -0.05) is 13.3 Å². The molecule has 2 nitrogen and oxygen atoms in total. The summed E-state index contributed by atoms with van der Waals surface area (Å²) in [7, 11) is 0. The molecule has 0 bridgehead atoms. The Kier molecular flexibility index (Phi) is 4.40. The molecular weight excluding hydrogens is 181 g/mol. The second-order valence-electron chi connectivity index (χ2n) is 3.25. The van der Waals surface area contributed by atoms with Gasteiger partial charge in [-0.25, -0.2) is 4.39 Å². The van der Waals surface area contributed by atoms with Crippen LogP contribution >= 0.6 is 0 Å². The molecule has 0 spiro atoms. The van der Waals surface area contributed by atoms with E-state index in [-0.39, 0.29) is 5.82 Å². The fourth-order valence-electron chi connectivity index (χ4n) is 1.13. The van der Waals surface area contributed by atoms with E-state index in [1.54, 1.807) is 6.07 Å². The molecule has 0 fully saturated rings. The van der Waals surface area contributed by atoms with Crippen LogP contribution in [0.1, 0.15) is 25.3 Å². The number of benzene rings is 1. The molecular formula is C11H16FNO. The van der Waals surface area contributed by atoms with Gasteiger partial charge in [-0.2, -0.15) is 0 Å². The molecule has 78 valence electrons. The summed E-state index contributed by atoms with van der Waals surface area (Å²) in [6.45, 7) is 3.19. The van der Waals surface area contributed by atoms with E-state index in [1.165, 1.54) is 12.1 Å². The minimum absolute atomic E-state index is 0.270. The van der Waals surface area contributed by atoms with E-state index in [9.17, 15) is 4.39 Å². The highest BCUT2D eigenvalue weighted by Crippen LogP contribution is 2.14. The quantitative estimate of drug-likeness (QED) is 0.582. The first kappa shape index (κ1) is 11.0.